The van der Waals surface area contributed by atoms with Crippen molar-refractivity contribution in [1.82, 2.24) is 4.90 Å². The molecule has 1 aromatic carbocycles. The van der Waals surface area contributed by atoms with Gasteiger partial charge < -0.3 is 20.1 Å². The molecule has 0 aliphatic carbocycles. The minimum Gasteiger partial charge on any atom is -0.497 e. The maximum Gasteiger partial charge on any atom is 0.254 e. The first kappa shape index (κ1) is 14.3. The summed E-state index contributed by atoms with van der Waals surface area (Å²) in [5, 5.41) is 0. The maximum absolute atomic E-state index is 12.3. The Morgan fingerprint density at radius 1 is 1.22 bits per heavy atom. The van der Waals surface area contributed by atoms with E-state index < -0.39 is 0 Å². The van der Waals surface area contributed by atoms with Gasteiger partial charge in [-0.2, -0.15) is 0 Å². The molecule has 0 saturated heterocycles. The molecule has 1 amide bonds. The molecule has 0 heterocycles. The fourth-order valence-corrected chi connectivity index (χ4v) is 1.67. The molecule has 5 nitrogen and oxygen atoms in total. The fourth-order valence-electron chi connectivity index (χ4n) is 1.67. The summed E-state index contributed by atoms with van der Waals surface area (Å²) < 4.78 is 10.3. The Hall–Kier alpha value is -1.75. The van der Waals surface area contributed by atoms with Crippen molar-refractivity contribution in [3.63, 3.8) is 0 Å². The van der Waals surface area contributed by atoms with Gasteiger partial charge in [-0.15, -0.1) is 0 Å². The third-order valence-corrected chi connectivity index (χ3v) is 2.67. The Labute approximate surface area is 107 Å². The molecule has 0 aliphatic rings. The number of benzene rings is 1. The summed E-state index contributed by atoms with van der Waals surface area (Å²) >= 11 is 0. The highest BCUT2D eigenvalue weighted by Gasteiger charge is 2.15. The van der Waals surface area contributed by atoms with Crippen molar-refractivity contribution in [3.05, 3.63) is 23.8 Å². The van der Waals surface area contributed by atoms with Gasteiger partial charge in [0.1, 0.15) is 11.5 Å². The van der Waals surface area contributed by atoms with E-state index in [9.17, 15) is 4.79 Å². The van der Waals surface area contributed by atoms with Gasteiger partial charge in [-0.25, -0.2) is 0 Å². The predicted octanol–water partition coefficient (Wildman–Crippen LogP) is 1.12. The molecule has 0 radical (unpaired) electrons. The summed E-state index contributed by atoms with van der Waals surface area (Å²) in [6.07, 6.45) is 0. The summed E-state index contributed by atoms with van der Waals surface area (Å²) in [6, 6.07) is 5.13. The zero-order valence-electron chi connectivity index (χ0n) is 11.1. The Bertz CT molecular complexity index is 385. The molecule has 0 spiro atoms. The number of carbonyl (C=O) groups is 1. The number of nitrogens with zero attached hydrogens (tertiary/aromatic N) is 1. The molecule has 1 rings (SSSR count). The van der Waals surface area contributed by atoms with Crippen LogP contribution in [0.3, 0.4) is 0 Å². The standard InChI is InChI=1S/C13H20N2O3/c1-4-15(6-5-14)13(16)10-7-11(17-2)9-12(8-10)18-3/h7-9H,4-6,14H2,1-3H3. The summed E-state index contributed by atoms with van der Waals surface area (Å²) in [6.45, 7) is 3.52. The zero-order chi connectivity index (χ0) is 13.5. The van der Waals surface area contributed by atoms with E-state index in [4.69, 9.17) is 15.2 Å². The van der Waals surface area contributed by atoms with Gasteiger partial charge in [-0.05, 0) is 19.1 Å². The minimum atomic E-state index is -0.0693. The Morgan fingerprint density at radius 3 is 2.17 bits per heavy atom. The first-order valence-corrected chi connectivity index (χ1v) is 5.88. The van der Waals surface area contributed by atoms with Gasteiger partial charge in [-0.3, -0.25) is 4.79 Å². The van der Waals surface area contributed by atoms with E-state index in [-0.39, 0.29) is 5.91 Å². The Morgan fingerprint density at radius 2 is 1.78 bits per heavy atom. The topological polar surface area (TPSA) is 64.8 Å². The van der Waals surface area contributed by atoms with Crippen molar-refractivity contribution in [2.24, 2.45) is 5.73 Å². The van der Waals surface area contributed by atoms with Gasteiger partial charge in [0.15, 0.2) is 0 Å². The van der Waals surface area contributed by atoms with Crippen LogP contribution in [0.15, 0.2) is 18.2 Å². The summed E-state index contributed by atoms with van der Waals surface area (Å²) in [5.74, 6) is 1.13. The van der Waals surface area contributed by atoms with Crippen LogP contribution in [-0.4, -0.2) is 44.7 Å². The number of nitrogens with two attached hydrogens (primary N) is 1. The molecule has 100 valence electrons. The van der Waals surface area contributed by atoms with Crippen LogP contribution in [0.1, 0.15) is 17.3 Å². The monoisotopic (exact) mass is 252 g/mol. The number of carbonyl (C=O) groups excluding carboxylic acids is 1. The van der Waals surface area contributed by atoms with Crippen LogP contribution in [-0.2, 0) is 0 Å². The summed E-state index contributed by atoms with van der Waals surface area (Å²) in [5.41, 5.74) is 6.03. The van der Waals surface area contributed by atoms with Crippen molar-refractivity contribution < 1.29 is 14.3 Å². The SMILES string of the molecule is CCN(CCN)C(=O)c1cc(OC)cc(OC)c1. The maximum atomic E-state index is 12.3. The van der Waals surface area contributed by atoms with E-state index in [1.54, 1.807) is 37.3 Å². The van der Waals surface area contributed by atoms with Gasteiger partial charge in [0.25, 0.3) is 5.91 Å². The number of ether oxygens (including phenoxy) is 2. The molecule has 0 aliphatic heterocycles. The van der Waals surface area contributed by atoms with Gasteiger partial charge in [0.05, 0.1) is 14.2 Å². The van der Waals surface area contributed by atoms with Crippen molar-refractivity contribution in [1.29, 1.82) is 0 Å². The van der Waals surface area contributed by atoms with Crippen molar-refractivity contribution >= 4 is 5.91 Å². The fraction of sp³-hybridized carbons (Fsp3) is 0.462. The van der Waals surface area contributed by atoms with Crippen LogP contribution in [0.25, 0.3) is 0 Å². The van der Waals surface area contributed by atoms with Gasteiger partial charge in [-0.1, -0.05) is 0 Å². The van der Waals surface area contributed by atoms with Crippen LogP contribution in [0.5, 0.6) is 11.5 Å². The highest BCUT2D eigenvalue weighted by molar-refractivity contribution is 5.95. The van der Waals surface area contributed by atoms with E-state index >= 15 is 0 Å². The lowest BCUT2D eigenvalue weighted by atomic mass is 10.1. The van der Waals surface area contributed by atoms with E-state index in [0.29, 0.717) is 36.7 Å². The second-order valence-corrected chi connectivity index (χ2v) is 3.77. The normalized spacial score (nSPS) is 10.0. The molecule has 18 heavy (non-hydrogen) atoms. The molecular formula is C13H20N2O3. The molecule has 0 saturated carbocycles. The number of rotatable bonds is 6. The van der Waals surface area contributed by atoms with Crippen molar-refractivity contribution in [2.45, 2.75) is 6.92 Å². The highest BCUT2D eigenvalue weighted by Crippen LogP contribution is 2.23. The third-order valence-electron chi connectivity index (χ3n) is 2.67. The van der Waals surface area contributed by atoms with Gasteiger partial charge in [0.2, 0.25) is 0 Å². The Balaban J connectivity index is 3.03. The van der Waals surface area contributed by atoms with Crippen LogP contribution in [0.4, 0.5) is 0 Å². The molecule has 2 N–H and O–H groups in total. The molecule has 0 unspecified atom stereocenters. The molecule has 0 fully saturated rings. The minimum absolute atomic E-state index is 0.0693. The Kier molecular flexibility index (Phi) is 5.45. The summed E-state index contributed by atoms with van der Waals surface area (Å²) in [7, 11) is 3.11. The van der Waals surface area contributed by atoms with Crippen molar-refractivity contribution in [3.8, 4) is 11.5 Å². The quantitative estimate of drug-likeness (QED) is 0.824. The van der Waals surface area contributed by atoms with Crippen LogP contribution < -0.4 is 15.2 Å². The summed E-state index contributed by atoms with van der Waals surface area (Å²) in [4.78, 5) is 14.0. The molecule has 0 bridgehead atoms. The number of amides is 1. The lowest BCUT2D eigenvalue weighted by molar-refractivity contribution is 0.0768. The predicted molar refractivity (Wildman–Crippen MR) is 70.2 cm³/mol. The second-order valence-electron chi connectivity index (χ2n) is 3.77. The van der Waals surface area contributed by atoms with Crippen LogP contribution in [0.2, 0.25) is 0 Å². The number of likely N-dealkylation sites (N-methyl/N-ethyl adjacent to an activating group) is 1. The molecule has 1 aromatic rings. The van der Waals surface area contributed by atoms with Gasteiger partial charge in [0, 0.05) is 31.3 Å². The molecule has 0 aromatic heterocycles. The highest BCUT2D eigenvalue weighted by atomic mass is 16.5. The number of hydrogen-bond donors (Lipinski definition) is 1. The molecule has 5 heteroatoms. The first-order chi connectivity index (χ1) is 8.65. The van der Waals surface area contributed by atoms with Crippen LogP contribution in [0, 0.1) is 0 Å². The van der Waals surface area contributed by atoms with E-state index in [1.807, 2.05) is 6.92 Å². The number of methoxy groups -OCH3 is 2. The smallest absolute Gasteiger partial charge is 0.254 e. The lowest BCUT2D eigenvalue weighted by Crippen LogP contribution is -2.35. The average Bonchev–Trinajstić information content (AvgIpc) is 2.43. The molecular weight excluding hydrogens is 232 g/mol. The zero-order valence-corrected chi connectivity index (χ0v) is 11.1. The number of hydrogen-bond acceptors (Lipinski definition) is 4. The average molecular weight is 252 g/mol. The van der Waals surface area contributed by atoms with E-state index in [0.717, 1.165) is 0 Å². The first-order valence-electron chi connectivity index (χ1n) is 5.88. The molecule has 0 atom stereocenters. The third kappa shape index (κ3) is 3.37. The van der Waals surface area contributed by atoms with Gasteiger partial charge >= 0.3 is 0 Å². The van der Waals surface area contributed by atoms with Crippen molar-refractivity contribution in [2.75, 3.05) is 33.9 Å². The van der Waals surface area contributed by atoms with E-state index in [2.05, 4.69) is 0 Å². The van der Waals surface area contributed by atoms with Crippen LogP contribution >= 0.6 is 0 Å². The lowest BCUT2D eigenvalue weighted by Gasteiger charge is -2.20. The second kappa shape index (κ2) is 6.86. The van der Waals surface area contributed by atoms with E-state index in [1.165, 1.54) is 0 Å². The largest absolute Gasteiger partial charge is 0.497 e.